The maximum atomic E-state index is 13.5. The van der Waals surface area contributed by atoms with Gasteiger partial charge in [-0.2, -0.15) is 4.98 Å². The Bertz CT molecular complexity index is 540. The first-order valence-corrected chi connectivity index (χ1v) is 5.37. The van der Waals surface area contributed by atoms with Crippen LogP contribution in [0.1, 0.15) is 0 Å². The SMILES string of the molecule is Cn1[nH]c(-c2c(F)cccc2Br)nc1=S. The van der Waals surface area contributed by atoms with Gasteiger partial charge < -0.3 is 0 Å². The van der Waals surface area contributed by atoms with Crippen LogP contribution in [0.25, 0.3) is 11.4 Å². The molecule has 2 rings (SSSR count). The van der Waals surface area contributed by atoms with Gasteiger partial charge in [0.25, 0.3) is 0 Å². The van der Waals surface area contributed by atoms with Crippen molar-refractivity contribution in [1.82, 2.24) is 14.8 Å². The predicted molar refractivity (Wildman–Crippen MR) is 61.5 cm³/mol. The van der Waals surface area contributed by atoms with Gasteiger partial charge in [-0.3, -0.25) is 9.78 Å². The summed E-state index contributed by atoms with van der Waals surface area (Å²) in [5.74, 6) is 0.0844. The lowest BCUT2D eigenvalue weighted by Gasteiger charge is -2.01. The second kappa shape index (κ2) is 3.86. The Morgan fingerprint density at radius 1 is 1.53 bits per heavy atom. The van der Waals surface area contributed by atoms with E-state index in [1.54, 1.807) is 23.9 Å². The van der Waals surface area contributed by atoms with E-state index >= 15 is 0 Å². The average molecular weight is 288 g/mol. The number of nitrogens with zero attached hydrogens (tertiary/aromatic N) is 2. The zero-order chi connectivity index (χ0) is 11.0. The van der Waals surface area contributed by atoms with Crippen molar-refractivity contribution in [2.24, 2.45) is 7.05 Å². The molecule has 78 valence electrons. The molecule has 1 heterocycles. The first-order chi connectivity index (χ1) is 7.09. The Balaban J connectivity index is 2.68. The van der Waals surface area contributed by atoms with Gasteiger partial charge in [-0.15, -0.1) is 0 Å². The van der Waals surface area contributed by atoms with Gasteiger partial charge in [0.2, 0.25) is 4.77 Å². The number of hydrogen-bond acceptors (Lipinski definition) is 2. The lowest BCUT2D eigenvalue weighted by Crippen LogP contribution is -1.91. The van der Waals surface area contributed by atoms with Gasteiger partial charge in [-0.25, -0.2) is 4.39 Å². The van der Waals surface area contributed by atoms with Gasteiger partial charge in [0.05, 0.1) is 5.56 Å². The highest BCUT2D eigenvalue weighted by Crippen LogP contribution is 2.27. The Hall–Kier alpha value is -1.01. The van der Waals surface area contributed by atoms with Crippen LogP contribution in [-0.4, -0.2) is 14.8 Å². The number of hydrogen-bond donors (Lipinski definition) is 1. The molecule has 0 saturated carbocycles. The minimum absolute atomic E-state index is 0.339. The molecule has 0 amide bonds. The molecule has 0 spiro atoms. The number of rotatable bonds is 1. The largest absolute Gasteiger partial charge is 0.279 e. The molecule has 0 aliphatic carbocycles. The minimum Gasteiger partial charge on any atom is -0.279 e. The van der Waals surface area contributed by atoms with Crippen LogP contribution in [-0.2, 0) is 7.05 Å². The second-order valence-electron chi connectivity index (χ2n) is 3.01. The summed E-state index contributed by atoms with van der Waals surface area (Å²) in [7, 11) is 1.73. The summed E-state index contributed by atoms with van der Waals surface area (Å²) in [5, 5.41) is 2.87. The molecule has 0 atom stereocenters. The summed E-state index contributed by atoms with van der Waals surface area (Å²) in [6, 6.07) is 4.76. The number of nitrogens with one attached hydrogen (secondary N) is 1. The summed E-state index contributed by atoms with van der Waals surface area (Å²) in [6.07, 6.45) is 0. The lowest BCUT2D eigenvalue weighted by molar-refractivity contribution is 0.628. The van der Waals surface area contributed by atoms with Crippen molar-refractivity contribution in [2.75, 3.05) is 0 Å². The molecule has 3 nitrogen and oxygen atoms in total. The zero-order valence-corrected chi connectivity index (χ0v) is 10.2. The molecular weight excluding hydrogens is 281 g/mol. The average Bonchev–Trinajstić information content (AvgIpc) is 2.46. The number of benzene rings is 1. The number of halogens is 2. The van der Waals surface area contributed by atoms with E-state index in [1.807, 2.05) is 0 Å². The van der Waals surface area contributed by atoms with Gasteiger partial charge in [0.1, 0.15) is 5.82 Å². The molecule has 1 aromatic heterocycles. The van der Waals surface area contributed by atoms with Crippen LogP contribution in [0.5, 0.6) is 0 Å². The highest BCUT2D eigenvalue weighted by atomic mass is 79.9. The summed E-state index contributed by atoms with van der Waals surface area (Å²) in [6.45, 7) is 0. The van der Waals surface area contributed by atoms with Gasteiger partial charge in [-0.1, -0.05) is 6.07 Å². The van der Waals surface area contributed by atoms with E-state index in [4.69, 9.17) is 12.2 Å². The van der Waals surface area contributed by atoms with Crippen molar-refractivity contribution < 1.29 is 4.39 Å². The van der Waals surface area contributed by atoms with Crippen molar-refractivity contribution in [2.45, 2.75) is 0 Å². The van der Waals surface area contributed by atoms with Gasteiger partial charge in [-0.05, 0) is 40.3 Å². The summed E-state index contributed by atoms with van der Waals surface area (Å²) >= 11 is 8.22. The van der Waals surface area contributed by atoms with E-state index in [0.29, 0.717) is 20.6 Å². The summed E-state index contributed by atoms with van der Waals surface area (Å²) in [5.41, 5.74) is 0.393. The van der Waals surface area contributed by atoms with E-state index in [-0.39, 0.29) is 5.82 Å². The van der Waals surface area contributed by atoms with E-state index in [9.17, 15) is 4.39 Å². The highest BCUT2D eigenvalue weighted by molar-refractivity contribution is 9.10. The van der Waals surface area contributed by atoms with Crippen LogP contribution in [0.4, 0.5) is 4.39 Å². The van der Waals surface area contributed by atoms with Crippen LogP contribution in [0.2, 0.25) is 0 Å². The molecule has 1 N–H and O–H groups in total. The molecule has 15 heavy (non-hydrogen) atoms. The van der Waals surface area contributed by atoms with Crippen LogP contribution < -0.4 is 0 Å². The van der Waals surface area contributed by atoms with Gasteiger partial charge in [0, 0.05) is 11.5 Å². The van der Waals surface area contributed by atoms with Crippen molar-refractivity contribution in [3.63, 3.8) is 0 Å². The molecule has 0 fully saturated rings. The molecule has 0 aliphatic heterocycles. The fourth-order valence-corrected chi connectivity index (χ4v) is 1.90. The van der Waals surface area contributed by atoms with E-state index in [0.717, 1.165) is 0 Å². The van der Waals surface area contributed by atoms with Crippen molar-refractivity contribution in [3.05, 3.63) is 33.3 Å². The molecule has 0 saturated heterocycles. The number of H-pyrrole nitrogens is 1. The van der Waals surface area contributed by atoms with Crippen LogP contribution in [0.15, 0.2) is 22.7 Å². The second-order valence-corrected chi connectivity index (χ2v) is 4.23. The fourth-order valence-electron chi connectivity index (χ4n) is 1.24. The molecule has 0 aliphatic rings. The van der Waals surface area contributed by atoms with Crippen LogP contribution in [0, 0.1) is 10.6 Å². The third-order valence-electron chi connectivity index (χ3n) is 1.97. The Morgan fingerprint density at radius 2 is 2.27 bits per heavy atom. The topological polar surface area (TPSA) is 33.6 Å². The van der Waals surface area contributed by atoms with Crippen molar-refractivity contribution >= 4 is 28.1 Å². The molecule has 6 heteroatoms. The third kappa shape index (κ3) is 1.87. The van der Waals surface area contributed by atoms with Crippen molar-refractivity contribution in [3.8, 4) is 11.4 Å². The standard InChI is InChI=1S/C9H7BrFN3S/c1-14-9(15)12-8(13-14)7-5(10)3-2-4-6(7)11/h2-4H,1H3,(H,12,13,15). The molecule has 0 unspecified atom stereocenters. The quantitative estimate of drug-likeness (QED) is 0.818. The van der Waals surface area contributed by atoms with E-state index < -0.39 is 0 Å². The summed E-state index contributed by atoms with van der Waals surface area (Å²) in [4.78, 5) is 4.05. The highest BCUT2D eigenvalue weighted by Gasteiger charge is 2.12. The maximum Gasteiger partial charge on any atom is 0.216 e. The number of aryl methyl sites for hydroxylation is 1. The Kier molecular flexibility index (Phi) is 2.70. The normalized spacial score (nSPS) is 10.6. The maximum absolute atomic E-state index is 13.5. The van der Waals surface area contributed by atoms with Gasteiger partial charge in [0.15, 0.2) is 5.82 Å². The summed E-state index contributed by atoms with van der Waals surface area (Å²) < 4.78 is 16.1. The smallest absolute Gasteiger partial charge is 0.216 e. The molecule has 0 radical (unpaired) electrons. The van der Waals surface area contributed by atoms with Gasteiger partial charge >= 0.3 is 0 Å². The lowest BCUT2D eigenvalue weighted by atomic mass is 10.2. The van der Waals surface area contributed by atoms with Crippen molar-refractivity contribution in [1.29, 1.82) is 0 Å². The zero-order valence-electron chi connectivity index (χ0n) is 7.79. The Labute approximate surface area is 99.1 Å². The minimum atomic E-state index is -0.339. The predicted octanol–water partition coefficient (Wildman–Crippen LogP) is 3.05. The number of aromatic nitrogens is 3. The first kappa shape index (κ1) is 10.5. The molecule has 1 aromatic carbocycles. The van der Waals surface area contributed by atoms with Crippen LogP contribution in [0.3, 0.4) is 0 Å². The first-order valence-electron chi connectivity index (χ1n) is 4.17. The third-order valence-corrected chi connectivity index (χ3v) is 2.99. The molecule has 2 aromatic rings. The fraction of sp³-hybridized carbons (Fsp3) is 0.111. The number of aromatic amines is 1. The monoisotopic (exact) mass is 287 g/mol. The van der Waals surface area contributed by atoms with Crippen LogP contribution >= 0.6 is 28.1 Å². The molecular formula is C9H7BrFN3S. The van der Waals surface area contributed by atoms with E-state index in [1.165, 1.54) is 6.07 Å². The van der Waals surface area contributed by atoms with E-state index in [2.05, 4.69) is 26.0 Å². The molecule has 0 bridgehead atoms. The Morgan fingerprint density at radius 3 is 2.80 bits per heavy atom.